The van der Waals surface area contributed by atoms with Crippen molar-refractivity contribution in [2.45, 2.75) is 17.7 Å². The van der Waals surface area contributed by atoms with Crippen LogP contribution in [0.2, 0.25) is 0 Å². The lowest BCUT2D eigenvalue weighted by atomic mass is 10.0. The summed E-state index contributed by atoms with van der Waals surface area (Å²) in [6.07, 6.45) is 1.21. The van der Waals surface area contributed by atoms with Crippen LogP contribution < -0.4 is 14.8 Å². The molecular formula is C22H20N2O7S. The zero-order chi connectivity index (χ0) is 23.0. The number of hydrogen-bond donors (Lipinski definition) is 5. The molecule has 1 heterocycles. The topological polar surface area (TPSA) is 145 Å². The highest BCUT2D eigenvalue weighted by molar-refractivity contribution is 7.89. The average Bonchev–Trinajstić information content (AvgIpc) is 2.77. The molecule has 0 bridgehead atoms. The van der Waals surface area contributed by atoms with Crippen molar-refractivity contribution in [3.05, 3.63) is 65.2 Å². The number of aryl methyl sites for hydroxylation is 2. The number of carboxylic acids is 1. The summed E-state index contributed by atoms with van der Waals surface area (Å²) >= 11 is 0. The number of phenols is 2. The summed E-state index contributed by atoms with van der Waals surface area (Å²) in [4.78, 5) is 11.5. The molecule has 4 rings (SSSR count). The molecule has 9 nitrogen and oxygen atoms in total. The Bertz CT molecular complexity index is 1340. The highest BCUT2D eigenvalue weighted by atomic mass is 32.2. The molecule has 0 amide bonds. The van der Waals surface area contributed by atoms with Crippen LogP contribution in [-0.4, -0.2) is 36.8 Å². The summed E-state index contributed by atoms with van der Waals surface area (Å²) < 4.78 is 32.5. The first-order valence-corrected chi connectivity index (χ1v) is 11.1. The van der Waals surface area contributed by atoms with Crippen LogP contribution in [0.15, 0.2) is 53.4 Å². The zero-order valence-corrected chi connectivity index (χ0v) is 17.7. The van der Waals surface area contributed by atoms with E-state index >= 15 is 0 Å². The first kappa shape index (κ1) is 21.5. The van der Waals surface area contributed by atoms with Gasteiger partial charge in [0.15, 0.2) is 23.0 Å². The fourth-order valence-corrected chi connectivity index (χ4v) is 4.19. The van der Waals surface area contributed by atoms with Crippen molar-refractivity contribution >= 4 is 27.4 Å². The number of benzene rings is 3. The largest absolute Gasteiger partial charge is 0.504 e. The van der Waals surface area contributed by atoms with E-state index in [1.807, 2.05) is 6.07 Å². The lowest BCUT2D eigenvalue weighted by Gasteiger charge is -2.24. The molecule has 0 aliphatic carbocycles. The molecule has 0 atom stereocenters. The molecule has 32 heavy (non-hydrogen) atoms. The van der Waals surface area contributed by atoms with E-state index in [1.165, 1.54) is 25.2 Å². The molecule has 0 saturated heterocycles. The molecule has 1 aliphatic rings. The van der Waals surface area contributed by atoms with Gasteiger partial charge in [-0.1, -0.05) is 12.1 Å². The van der Waals surface area contributed by atoms with Crippen LogP contribution >= 0.6 is 0 Å². The maximum Gasteiger partial charge on any atom is 0.338 e. The number of phenolic OH excluding ortho intramolecular Hbond substituents is 2. The van der Waals surface area contributed by atoms with Gasteiger partial charge in [-0.15, -0.1) is 0 Å². The van der Waals surface area contributed by atoms with Gasteiger partial charge in [0.1, 0.15) is 0 Å². The predicted molar refractivity (Wildman–Crippen MR) is 117 cm³/mol. The van der Waals surface area contributed by atoms with Crippen LogP contribution in [-0.2, 0) is 22.9 Å². The van der Waals surface area contributed by atoms with Crippen molar-refractivity contribution in [3.8, 4) is 23.0 Å². The monoisotopic (exact) mass is 456 g/mol. The van der Waals surface area contributed by atoms with Crippen LogP contribution in [0.4, 0.5) is 11.4 Å². The Hall–Kier alpha value is -3.76. The Kier molecular flexibility index (Phi) is 5.41. The number of ether oxygens (including phenoxy) is 1. The minimum Gasteiger partial charge on any atom is -0.504 e. The van der Waals surface area contributed by atoms with Crippen LogP contribution in [0, 0.1) is 0 Å². The van der Waals surface area contributed by atoms with E-state index in [0.717, 1.165) is 17.2 Å². The van der Waals surface area contributed by atoms with Crippen molar-refractivity contribution in [3.63, 3.8) is 0 Å². The van der Waals surface area contributed by atoms with Crippen LogP contribution in [0.1, 0.15) is 21.5 Å². The zero-order valence-electron chi connectivity index (χ0n) is 16.9. The van der Waals surface area contributed by atoms with Gasteiger partial charge in [0.2, 0.25) is 10.0 Å². The number of anilines is 2. The molecule has 10 heteroatoms. The third-order valence-electron chi connectivity index (χ3n) is 5.15. The Morgan fingerprint density at radius 1 is 0.969 bits per heavy atom. The SMILES string of the molecule is CNS(=O)(=O)c1cc2c(c(C(=O)O)c1)Nc1ccc(CCc3ccc(O)c(O)c3)cc1O2. The summed E-state index contributed by atoms with van der Waals surface area (Å²) in [7, 11) is -2.64. The van der Waals surface area contributed by atoms with Gasteiger partial charge in [0, 0.05) is 6.07 Å². The minimum absolute atomic E-state index is 0.0897. The lowest BCUT2D eigenvalue weighted by molar-refractivity contribution is 0.0697. The summed E-state index contributed by atoms with van der Waals surface area (Å²) in [5, 5.41) is 31.7. The number of hydrogen-bond acceptors (Lipinski definition) is 7. The fourth-order valence-electron chi connectivity index (χ4n) is 3.42. The van der Waals surface area contributed by atoms with E-state index in [9.17, 15) is 28.5 Å². The van der Waals surface area contributed by atoms with Gasteiger partial charge in [-0.25, -0.2) is 17.9 Å². The van der Waals surface area contributed by atoms with E-state index in [1.54, 1.807) is 18.2 Å². The summed E-state index contributed by atoms with van der Waals surface area (Å²) in [6, 6.07) is 12.4. The highest BCUT2D eigenvalue weighted by Crippen LogP contribution is 2.45. The summed E-state index contributed by atoms with van der Waals surface area (Å²) in [5.41, 5.74) is 2.26. The number of sulfonamides is 1. The first-order valence-electron chi connectivity index (χ1n) is 9.61. The van der Waals surface area contributed by atoms with Crippen molar-refractivity contribution < 1.29 is 33.3 Å². The Labute approximate surface area is 184 Å². The number of aromatic hydroxyl groups is 2. The van der Waals surface area contributed by atoms with Crippen LogP contribution in [0.5, 0.6) is 23.0 Å². The molecule has 0 saturated carbocycles. The molecule has 0 radical (unpaired) electrons. The van der Waals surface area contributed by atoms with Gasteiger partial charge in [-0.2, -0.15) is 0 Å². The molecule has 5 N–H and O–H groups in total. The number of carboxylic acid groups (broad SMARTS) is 1. The highest BCUT2D eigenvalue weighted by Gasteiger charge is 2.27. The molecule has 0 spiro atoms. The van der Waals surface area contributed by atoms with E-state index < -0.39 is 16.0 Å². The van der Waals surface area contributed by atoms with Crippen LogP contribution in [0.25, 0.3) is 0 Å². The van der Waals surface area contributed by atoms with Gasteiger partial charge < -0.3 is 25.4 Å². The second-order valence-electron chi connectivity index (χ2n) is 7.24. The molecule has 166 valence electrons. The second kappa shape index (κ2) is 8.06. The smallest absolute Gasteiger partial charge is 0.338 e. The van der Waals surface area contributed by atoms with E-state index in [-0.39, 0.29) is 33.4 Å². The molecular weight excluding hydrogens is 436 g/mol. The number of aromatic carboxylic acids is 1. The molecule has 3 aromatic carbocycles. The normalized spacial score (nSPS) is 12.3. The third-order valence-corrected chi connectivity index (χ3v) is 6.55. The van der Waals surface area contributed by atoms with E-state index in [4.69, 9.17) is 4.74 Å². The number of fused-ring (bicyclic) bond motifs is 2. The van der Waals surface area contributed by atoms with Crippen molar-refractivity contribution in [2.24, 2.45) is 0 Å². The van der Waals surface area contributed by atoms with E-state index in [0.29, 0.717) is 24.3 Å². The average molecular weight is 456 g/mol. The Morgan fingerprint density at radius 3 is 2.31 bits per heavy atom. The summed E-state index contributed by atoms with van der Waals surface area (Å²) in [6.45, 7) is 0. The Morgan fingerprint density at radius 2 is 1.66 bits per heavy atom. The molecule has 0 unspecified atom stereocenters. The quantitative estimate of drug-likeness (QED) is 0.278. The number of rotatable bonds is 6. The maximum absolute atomic E-state index is 12.2. The minimum atomic E-state index is -3.88. The number of carbonyl (C=O) groups is 1. The lowest BCUT2D eigenvalue weighted by Crippen LogP contribution is -2.20. The number of nitrogens with one attached hydrogen (secondary N) is 2. The maximum atomic E-state index is 12.2. The van der Waals surface area contributed by atoms with E-state index in [2.05, 4.69) is 10.0 Å². The van der Waals surface area contributed by atoms with Gasteiger partial charge in [0.05, 0.1) is 21.8 Å². The predicted octanol–water partition coefficient (Wildman–Crippen LogP) is 3.34. The van der Waals surface area contributed by atoms with Crippen molar-refractivity contribution in [1.82, 2.24) is 4.72 Å². The standard InChI is InChI=1S/C22H20N2O7S/c1-23-32(29,30)14-10-15(22(27)28)21-20(11-14)31-19-9-13(4-6-16(19)24-21)3-2-12-5-7-17(25)18(26)8-12/h4-11,23-26H,2-3H2,1H3,(H,27,28). The second-order valence-corrected chi connectivity index (χ2v) is 9.12. The molecule has 0 fully saturated rings. The first-order chi connectivity index (χ1) is 15.2. The van der Waals surface area contributed by atoms with Gasteiger partial charge in [-0.3, -0.25) is 0 Å². The van der Waals surface area contributed by atoms with Gasteiger partial charge in [-0.05, 0) is 61.3 Å². The van der Waals surface area contributed by atoms with Crippen molar-refractivity contribution in [1.29, 1.82) is 0 Å². The van der Waals surface area contributed by atoms with Gasteiger partial charge >= 0.3 is 5.97 Å². The molecule has 1 aliphatic heterocycles. The fraction of sp³-hybridized carbons (Fsp3) is 0.136. The summed E-state index contributed by atoms with van der Waals surface area (Å²) in [5.74, 6) is -1.13. The molecule has 3 aromatic rings. The van der Waals surface area contributed by atoms with Crippen LogP contribution in [0.3, 0.4) is 0 Å². The van der Waals surface area contributed by atoms with Crippen molar-refractivity contribution in [2.75, 3.05) is 12.4 Å². The third kappa shape index (κ3) is 4.05. The molecule has 0 aromatic heterocycles. The Balaban J connectivity index is 1.63. The van der Waals surface area contributed by atoms with Gasteiger partial charge in [0.25, 0.3) is 0 Å².